The summed E-state index contributed by atoms with van der Waals surface area (Å²) < 4.78 is 17.5. The highest BCUT2D eigenvalue weighted by molar-refractivity contribution is 5.95. The van der Waals surface area contributed by atoms with E-state index in [0.29, 0.717) is 43.4 Å². The van der Waals surface area contributed by atoms with Crippen LogP contribution in [0.2, 0.25) is 0 Å². The predicted octanol–water partition coefficient (Wildman–Crippen LogP) is 5.44. The van der Waals surface area contributed by atoms with Gasteiger partial charge in [-0.3, -0.25) is 4.79 Å². The number of nitrogens with zero attached hydrogens (tertiary/aromatic N) is 1. The van der Waals surface area contributed by atoms with Gasteiger partial charge >= 0.3 is 0 Å². The van der Waals surface area contributed by atoms with Crippen LogP contribution in [0, 0.1) is 0 Å². The van der Waals surface area contributed by atoms with Crippen LogP contribution in [0.1, 0.15) is 28.1 Å². The molecule has 1 aliphatic rings. The second kappa shape index (κ2) is 8.56. The van der Waals surface area contributed by atoms with Gasteiger partial charge in [0.1, 0.15) is 11.3 Å². The summed E-state index contributed by atoms with van der Waals surface area (Å²) in [7, 11) is 0. The Morgan fingerprint density at radius 1 is 0.806 bits per heavy atom. The minimum Gasteiger partial charge on any atom is -0.490 e. The van der Waals surface area contributed by atoms with E-state index < -0.39 is 0 Å². The van der Waals surface area contributed by atoms with Gasteiger partial charge in [-0.05, 0) is 35.9 Å². The summed E-state index contributed by atoms with van der Waals surface area (Å²) in [5, 5.41) is 1.03. The van der Waals surface area contributed by atoms with Gasteiger partial charge in [0.25, 0.3) is 5.91 Å². The number of amides is 1. The van der Waals surface area contributed by atoms with Crippen molar-refractivity contribution in [3.8, 4) is 11.5 Å². The fourth-order valence-corrected chi connectivity index (χ4v) is 3.79. The van der Waals surface area contributed by atoms with E-state index >= 15 is 0 Å². The first kappa shape index (κ1) is 19.2. The number of hydrogen-bond donors (Lipinski definition) is 0. The molecule has 0 atom stereocenters. The third kappa shape index (κ3) is 4.26. The molecule has 156 valence electrons. The van der Waals surface area contributed by atoms with Gasteiger partial charge in [0.2, 0.25) is 0 Å². The molecule has 0 radical (unpaired) electrons. The third-order valence-corrected chi connectivity index (χ3v) is 5.32. The van der Waals surface area contributed by atoms with E-state index in [4.69, 9.17) is 13.9 Å². The van der Waals surface area contributed by atoms with Crippen LogP contribution in [0.3, 0.4) is 0 Å². The SMILES string of the molecule is O=C(c1ccc2c(c1)OCCCO2)N(Cc1ccccc1)Cc1cc2ccccc2o1. The highest BCUT2D eigenvalue weighted by atomic mass is 16.5. The average molecular weight is 413 g/mol. The molecule has 5 heteroatoms. The Hall–Kier alpha value is -3.73. The Morgan fingerprint density at radius 2 is 1.58 bits per heavy atom. The second-order valence-electron chi connectivity index (χ2n) is 7.61. The zero-order valence-corrected chi connectivity index (χ0v) is 17.1. The lowest BCUT2D eigenvalue weighted by Gasteiger charge is -2.22. The van der Waals surface area contributed by atoms with E-state index in [1.54, 1.807) is 17.0 Å². The van der Waals surface area contributed by atoms with E-state index in [9.17, 15) is 4.79 Å². The van der Waals surface area contributed by atoms with Gasteiger partial charge in [0, 0.05) is 23.9 Å². The van der Waals surface area contributed by atoms with Gasteiger partial charge in [-0.25, -0.2) is 0 Å². The van der Waals surface area contributed by atoms with Gasteiger partial charge in [-0.15, -0.1) is 0 Å². The first-order valence-electron chi connectivity index (χ1n) is 10.5. The van der Waals surface area contributed by atoms with E-state index in [1.807, 2.05) is 66.7 Å². The van der Waals surface area contributed by atoms with E-state index in [-0.39, 0.29) is 5.91 Å². The molecule has 0 spiro atoms. The molecule has 1 aliphatic heterocycles. The van der Waals surface area contributed by atoms with Crippen molar-refractivity contribution in [3.05, 3.63) is 95.7 Å². The van der Waals surface area contributed by atoms with Crippen molar-refractivity contribution in [1.29, 1.82) is 0 Å². The molecule has 1 aromatic heterocycles. The first-order valence-corrected chi connectivity index (χ1v) is 10.5. The molecule has 0 unspecified atom stereocenters. The zero-order chi connectivity index (χ0) is 21.0. The number of benzene rings is 3. The lowest BCUT2D eigenvalue weighted by molar-refractivity contribution is 0.0718. The molecule has 5 rings (SSSR count). The van der Waals surface area contributed by atoms with Crippen molar-refractivity contribution in [2.45, 2.75) is 19.5 Å². The third-order valence-electron chi connectivity index (χ3n) is 5.32. The van der Waals surface area contributed by atoms with Crippen LogP contribution in [-0.2, 0) is 13.1 Å². The highest BCUT2D eigenvalue weighted by Gasteiger charge is 2.21. The van der Waals surface area contributed by atoms with E-state index in [1.165, 1.54) is 0 Å². The molecule has 1 amide bonds. The molecule has 2 heterocycles. The Kier molecular flexibility index (Phi) is 5.31. The van der Waals surface area contributed by atoms with Crippen molar-refractivity contribution in [2.75, 3.05) is 13.2 Å². The molecular weight excluding hydrogens is 390 g/mol. The number of rotatable bonds is 5. The number of carbonyl (C=O) groups excluding carboxylic acids is 1. The molecule has 3 aromatic carbocycles. The van der Waals surface area contributed by atoms with Crippen LogP contribution in [0.5, 0.6) is 11.5 Å². The van der Waals surface area contributed by atoms with Crippen molar-refractivity contribution < 1.29 is 18.7 Å². The minimum atomic E-state index is -0.0834. The zero-order valence-electron chi connectivity index (χ0n) is 17.1. The number of carbonyl (C=O) groups is 1. The Labute approximate surface area is 180 Å². The van der Waals surface area contributed by atoms with Crippen LogP contribution >= 0.6 is 0 Å². The Balaban J connectivity index is 1.45. The average Bonchev–Trinajstić information content (AvgIpc) is 3.06. The summed E-state index contributed by atoms with van der Waals surface area (Å²) in [6, 6.07) is 25.2. The van der Waals surface area contributed by atoms with Crippen LogP contribution in [0.15, 0.2) is 83.3 Å². The molecule has 0 fully saturated rings. The van der Waals surface area contributed by atoms with E-state index in [0.717, 1.165) is 28.7 Å². The Bertz CT molecular complexity index is 1170. The molecule has 0 N–H and O–H groups in total. The second-order valence-corrected chi connectivity index (χ2v) is 7.61. The maximum absolute atomic E-state index is 13.5. The number of para-hydroxylation sites is 1. The van der Waals surface area contributed by atoms with Gasteiger partial charge in [-0.1, -0.05) is 48.5 Å². The smallest absolute Gasteiger partial charge is 0.254 e. The number of hydrogen-bond acceptors (Lipinski definition) is 4. The van der Waals surface area contributed by atoms with Crippen molar-refractivity contribution in [2.24, 2.45) is 0 Å². The molecule has 0 saturated carbocycles. The quantitative estimate of drug-likeness (QED) is 0.437. The summed E-state index contributed by atoms with van der Waals surface area (Å²) in [4.78, 5) is 15.3. The summed E-state index contributed by atoms with van der Waals surface area (Å²) >= 11 is 0. The molecule has 31 heavy (non-hydrogen) atoms. The molecule has 4 aromatic rings. The maximum atomic E-state index is 13.5. The number of furan rings is 1. The van der Waals surface area contributed by atoms with Crippen LogP contribution in [0.25, 0.3) is 11.0 Å². The first-order chi connectivity index (χ1) is 15.3. The number of ether oxygens (including phenoxy) is 2. The fourth-order valence-electron chi connectivity index (χ4n) is 3.79. The number of fused-ring (bicyclic) bond motifs is 2. The van der Waals surface area contributed by atoms with Gasteiger partial charge in [0.05, 0.1) is 19.8 Å². The maximum Gasteiger partial charge on any atom is 0.254 e. The summed E-state index contributed by atoms with van der Waals surface area (Å²) in [5.74, 6) is 1.97. The van der Waals surface area contributed by atoms with Crippen molar-refractivity contribution in [1.82, 2.24) is 4.90 Å². The minimum absolute atomic E-state index is 0.0834. The van der Waals surface area contributed by atoms with Gasteiger partial charge in [-0.2, -0.15) is 0 Å². The normalized spacial score (nSPS) is 13.0. The van der Waals surface area contributed by atoms with Gasteiger partial charge in [0.15, 0.2) is 11.5 Å². The van der Waals surface area contributed by atoms with Crippen molar-refractivity contribution >= 4 is 16.9 Å². The summed E-state index contributed by atoms with van der Waals surface area (Å²) in [6.45, 7) is 2.05. The molecular formula is C26H23NO4. The van der Waals surface area contributed by atoms with Crippen LogP contribution in [-0.4, -0.2) is 24.0 Å². The topological polar surface area (TPSA) is 51.9 Å². The van der Waals surface area contributed by atoms with Gasteiger partial charge < -0.3 is 18.8 Å². The summed E-state index contributed by atoms with van der Waals surface area (Å²) in [5.41, 5.74) is 2.44. The summed E-state index contributed by atoms with van der Waals surface area (Å²) in [6.07, 6.45) is 0.824. The lowest BCUT2D eigenvalue weighted by atomic mass is 10.1. The molecule has 0 aliphatic carbocycles. The Morgan fingerprint density at radius 3 is 2.42 bits per heavy atom. The monoisotopic (exact) mass is 413 g/mol. The highest BCUT2D eigenvalue weighted by Crippen LogP contribution is 2.31. The van der Waals surface area contributed by atoms with Crippen LogP contribution < -0.4 is 9.47 Å². The van der Waals surface area contributed by atoms with Crippen molar-refractivity contribution in [3.63, 3.8) is 0 Å². The van der Waals surface area contributed by atoms with E-state index in [2.05, 4.69) is 0 Å². The lowest BCUT2D eigenvalue weighted by Crippen LogP contribution is -2.30. The van der Waals surface area contributed by atoms with Crippen LogP contribution in [0.4, 0.5) is 0 Å². The molecule has 0 bridgehead atoms. The molecule has 0 saturated heterocycles. The predicted molar refractivity (Wildman–Crippen MR) is 118 cm³/mol. The standard InChI is InChI=1S/C26H23NO4/c28-26(21-11-12-24-25(16-21)30-14-6-13-29-24)27(17-19-7-2-1-3-8-19)18-22-15-20-9-4-5-10-23(20)31-22/h1-5,7-12,15-16H,6,13-14,17-18H2. The fraction of sp³-hybridized carbons (Fsp3) is 0.192. The molecule has 5 nitrogen and oxygen atoms in total. The largest absolute Gasteiger partial charge is 0.490 e.